The van der Waals surface area contributed by atoms with Gasteiger partial charge in [-0.15, -0.1) is 0 Å². The van der Waals surface area contributed by atoms with E-state index in [0.29, 0.717) is 9.23 Å². The van der Waals surface area contributed by atoms with Crippen molar-refractivity contribution in [1.82, 2.24) is 4.57 Å². The lowest BCUT2D eigenvalue weighted by molar-refractivity contribution is -0.113. The topological polar surface area (TPSA) is 25.2 Å². The Hall–Kier alpha value is -1.85. The second kappa shape index (κ2) is 5.50. The van der Waals surface area contributed by atoms with Crippen LogP contribution in [-0.4, -0.2) is 14.8 Å². The first kappa shape index (κ1) is 14.1. The molecule has 21 heavy (non-hydrogen) atoms. The predicted octanol–water partition coefficient (Wildman–Crippen LogP) is 3.74. The number of carbonyl (C=O) groups excluding carboxylic acids is 1. The Morgan fingerprint density at radius 3 is 2.71 bits per heavy atom. The molecule has 0 radical (unpaired) electrons. The van der Waals surface area contributed by atoms with E-state index in [1.54, 1.807) is 4.90 Å². The third-order valence-electron chi connectivity index (χ3n) is 3.32. The molecule has 5 heteroatoms. The maximum Gasteiger partial charge on any atom is 0.270 e. The molecule has 0 bridgehead atoms. The summed E-state index contributed by atoms with van der Waals surface area (Å²) < 4.78 is 2.55. The van der Waals surface area contributed by atoms with E-state index in [2.05, 4.69) is 0 Å². The molecule has 1 amide bonds. The highest BCUT2D eigenvalue weighted by atomic mass is 32.2. The summed E-state index contributed by atoms with van der Waals surface area (Å²) in [6.45, 7) is 2.00. The van der Waals surface area contributed by atoms with Gasteiger partial charge in [-0.3, -0.25) is 9.69 Å². The van der Waals surface area contributed by atoms with Crippen LogP contribution < -0.4 is 4.90 Å². The van der Waals surface area contributed by atoms with Crippen molar-refractivity contribution in [2.45, 2.75) is 6.92 Å². The number of thiocarbonyl (C=S) groups is 1. The van der Waals surface area contributed by atoms with Crippen LogP contribution in [0.2, 0.25) is 0 Å². The fourth-order valence-electron chi connectivity index (χ4n) is 2.22. The zero-order valence-electron chi connectivity index (χ0n) is 11.7. The van der Waals surface area contributed by atoms with Gasteiger partial charge in [-0.05, 0) is 42.8 Å². The number of hydrogen-bond donors (Lipinski definition) is 0. The van der Waals surface area contributed by atoms with Gasteiger partial charge in [-0.25, -0.2) is 0 Å². The molecule has 0 spiro atoms. The lowest BCUT2D eigenvalue weighted by atomic mass is 10.2. The molecular weight excluding hydrogens is 300 g/mol. The van der Waals surface area contributed by atoms with Crippen LogP contribution in [0, 0.1) is 6.92 Å². The molecule has 2 heterocycles. The lowest BCUT2D eigenvalue weighted by Gasteiger charge is -2.14. The molecule has 106 valence electrons. The summed E-state index contributed by atoms with van der Waals surface area (Å²) in [7, 11) is 1.95. The summed E-state index contributed by atoms with van der Waals surface area (Å²) in [6.07, 6.45) is 3.84. The van der Waals surface area contributed by atoms with Crippen molar-refractivity contribution in [2.24, 2.45) is 7.05 Å². The Morgan fingerprint density at radius 2 is 2.05 bits per heavy atom. The number of anilines is 1. The average Bonchev–Trinajstić information content (AvgIpc) is 2.95. The number of nitrogens with zero attached hydrogens (tertiary/aromatic N) is 2. The largest absolute Gasteiger partial charge is 0.351 e. The van der Waals surface area contributed by atoms with Crippen LogP contribution in [0.1, 0.15) is 11.3 Å². The third kappa shape index (κ3) is 2.66. The number of thioether (sulfide) groups is 1. The summed E-state index contributed by atoms with van der Waals surface area (Å²) >= 11 is 6.71. The fraction of sp³-hybridized carbons (Fsp3) is 0.125. The molecule has 0 atom stereocenters. The fourth-order valence-corrected chi connectivity index (χ4v) is 3.50. The Kier molecular flexibility index (Phi) is 3.69. The Morgan fingerprint density at radius 1 is 1.24 bits per heavy atom. The smallest absolute Gasteiger partial charge is 0.270 e. The molecule has 1 aliphatic heterocycles. The summed E-state index contributed by atoms with van der Waals surface area (Å²) in [4.78, 5) is 14.9. The van der Waals surface area contributed by atoms with Crippen LogP contribution in [0.4, 0.5) is 5.69 Å². The maximum atomic E-state index is 12.6. The van der Waals surface area contributed by atoms with Crippen LogP contribution in [-0.2, 0) is 11.8 Å². The molecule has 0 unspecified atom stereocenters. The van der Waals surface area contributed by atoms with Crippen molar-refractivity contribution in [3.8, 4) is 0 Å². The van der Waals surface area contributed by atoms with Gasteiger partial charge in [0, 0.05) is 18.9 Å². The molecule has 1 aliphatic rings. The van der Waals surface area contributed by atoms with Gasteiger partial charge in [0.25, 0.3) is 5.91 Å². The summed E-state index contributed by atoms with van der Waals surface area (Å²) in [6, 6.07) is 11.7. The maximum absolute atomic E-state index is 12.6. The summed E-state index contributed by atoms with van der Waals surface area (Å²) in [5.41, 5.74) is 2.92. The number of carbonyl (C=O) groups is 1. The predicted molar refractivity (Wildman–Crippen MR) is 92.2 cm³/mol. The van der Waals surface area contributed by atoms with E-state index < -0.39 is 0 Å². The molecule has 1 saturated heterocycles. The first-order valence-corrected chi connectivity index (χ1v) is 7.75. The number of hydrogen-bond acceptors (Lipinski definition) is 3. The number of benzene rings is 1. The number of aromatic nitrogens is 1. The lowest BCUT2D eigenvalue weighted by Crippen LogP contribution is -2.27. The van der Waals surface area contributed by atoms with E-state index in [-0.39, 0.29) is 5.91 Å². The number of amides is 1. The quantitative estimate of drug-likeness (QED) is 0.624. The van der Waals surface area contributed by atoms with Crippen molar-refractivity contribution in [3.63, 3.8) is 0 Å². The van der Waals surface area contributed by atoms with Gasteiger partial charge in [0.1, 0.15) is 0 Å². The molecule has 1 fully saturated rings. The van der Waals surface area contributed by atoms with Gasteiger partial charge in [-0.1, -0.05) is 36.1 Å². The van der Waals surface area contributed by atoms with Crippen LogP contribution in [0.15, 0.2) is 47.5 Å². The van der Waals surface area contributed by atoms with Gasteiger partial charge in [-0.2, -0.15) is 0 Å². The highest BCUT2D eigenvalue weighted by Gasteiger charge is 2.33. The monoisotopic (exact) mass is 314 g/mol. The molecule has 2 aromatic rings. The Balaban J connectivity index is 1.96. The van der Waals surface area contributed by atoms with Gasteiger partial charge < -0.3 is 4.57 Å². The molecule has 1 aromatic heterocycles. The highest BCUT2D eigenvalue weighted by molar-refractivity contribution is 8.27. The zero-order valence-corrected chi connectivity index (χ0v) is 13.4. The molecule has 0 saturated carbocycles. The first-order chi connectivity index (χ1) is 10.1. The van der Waals surface area contributed by atoms with E-state index in [0.717, 1.165) is 16.9 Å². The van der Waals surface area contributed by atoms with Gasteiger partial charge in [0.15, 0.2) is 4.32 Å². The SMILES string of the molecule is Cc1cccc(N2C(=O)C(=Cc3cccn3C)SC2=S)c1. The van der Waals surface area contributed by atoms with Crippen molar-refractivity contribution in [1.29, 1.82) is 0 Å². The second-order valence-corrected chi connectivity index (χ2v) is 6.58. The van der Waals surface area contributed by atoms with E-state index in [9.17, 15) is 4.79 Å². The number of rotatable bonds is 2. The van der Waals surface area contributed by atoms with Crippen molar-refractivity contribution in [3.05, 3.63) is 58.8 Å². The van der Waals surface area contributed by atoms with Gasteiger partial charge in [0.05, 0.1) is 10.6 Å². The minimum Gasteiger partial charge on any atom is -0.351 e. The van der Waals surface area contributed by atoms with Crippen molar-refractivity contribution in [2.75, 3.05) is 4.90 Å². The molecular formula is C16H14N2OS2. The standard InChI is InChI=1S/C16H14N2OS2/c1-11-5-3-6-13(9-11)18-15(19)14(21-16(18)20)10-12-7-4-8-17(12)2/h3-10H,1-2H3. The van der Waals surface area contributed by atoms with E-state index in [1.807, 2.05) is 67.2 Å². The van der Waals surface area contributed by atoms with Crippen LogP contribution in [0.3, 0.4) is 0 Å². The second-order valence-electron chi connectivity index (χ2n) is 4.90. The zero-order chi connectivity index (χ0) is 15.0. The Bertz CT molecular complexity index is 761. The first-order valence-electron chi connectivity index (χ1n) is 6.52. The normalized spacial score (nSPS) is 17.0. The van der Waals surface area contributed by atoms with E-state index >= 15 is 0 Å². The summed E-state index contributed by atoms with van der Waals surface area (Å²) in [5.74, 6) is -0.0585. The Labute approximate surface area is 133 Å². The minimum atomic E-state index is -0.0585. The van der Waals surface area contributed by atoms with Gasteiger partial charge >= 0.3 is 0 Å². The molecule has 1 aromatic carbocycles. The van der Waals surface area contributed by atoms with Crippen molar-refractivity contribution >= 4 is 46.0 Å². The average molecular weight is 314 g/mol. The van der Waals surface area contributed by atoms with Crippen LogP contribution in [0.25, 0.3) is 6.08 Å². The third-order valence-corrected chi connectivity index (χ3v) is 4.62. The highest BCUT2D eigenvalue weighted by Crippen LogP contribution is 2.36. The van der Waals surface area contributed by atoms with E-state index in [4.69, 9.17) is 12.2 Å². The van der Waals surface area contributed by atoms with Crippen LogP contribution >= 0.6 is 24.0 Å². The summed E-state index contributed by atoms with van der Waals surface area (Å²) in [5, 5.41) is 0. The minimum absolute atomic E-state index is 0.0585. The van der Waals surface area contributed by atoms with E-state index in [1.165, 1.54) is 11.8 Å². The molecule has 0 aliphatic carbocycles. The number of aryl methyl sites for hydroxylation is 2. The molecule has 0 N–H and O–H groups in total. The molecule has 3 nitrogen and oxygen atoms in total. The van der Waals surface area contributed by atoms with Crippen molar-refractivity contribution < 1.29 is 4.79 Å². The van der Waals surface area contributed by atoms with Gasteiger partial charge in [0.2, 0.25) is 0 Å². The van der Waals surface area contributed by atoms with Crippen LogP contribution in [0.5, 0.6) is 0 Å². The molecule has 3 rings (SSSR count).